The predicted octanol–water partition coefficient (Wildman–Crippen LogP) is 10.9. The van der Waals surface area contributed by atoms with E-state index >= 15 is 0 Å². The van der Waals surface area contributed by atoms with Gasteiger partial charge in [-0.25, -0.2) is 4.79 Å². The van der Waals surface area contributed by atoms with Gasteiger partial charge in [0.05, 0.1) is 24.6 Å². The largest absolute Gasteiger partial charge is 0.494 e. The summed E-state index contributed by atoms with van der Waals surface area (Å²) in [6.07, 6.45) is -4.67. The Bertz CT molecular complexity index is 1490. The highest BCUT2D eigenvalue weighted by Crippen LogP contribution is 2.62. The maximum Gasteiger partial charge on any atom is 0.460 e. The smallest absolute Gasteiger partial charge is 0.460 e. The molecule has 0 aromatic heterocycles. The van der Waals surface area contributed by atoms with Crippen LogP contribution in [0.4, 0.5) is 77.2 Å². The molecule has 0 N–H and O–H groups in total. The summed E-state index contributed by atoms with van der Waals surface area (Å²) in [5.41, 5.74) is 0.560. The van der Waals surface area contributed by atoms with Gasteiger partial charge in [0.25, 0.3) is 0 Å². The molecule has 2 aromatic rings. The maximum atomic E-state index is 14.0. The Morgan fingerprint density at radius 1 is 0.569 bits per heavy atom. The number of azo groups is 1. The Hall–Kier alpha value is -4.20. The SMILES string of the molecule is C=C(C)C(=O)OCCCCCCOc1ccc(N=Nc2ccc(OCC(F)(F)C(F)(F)C(F)(F)C(F)(F)C(F)(F)C(F)(F)C(F)(F)F)cc2)cc1. The first kappa shape index (κ1) is 43.0. The van der Waals surface area contributed by atoms with Crippen molar-refractivity contribution >= 4 is 17.3 Å². The number of hydrogen-bond acceptors (Lipinski definition) is 6. The Morgan fingerprint density at radius 2 is 0.961 bits per heavy atom. The van der Waals surface area contributed by atoms with Crippen molar-refractivity contribution in [2.24, 2.45) is 10.2 Å². The van der Waals surface area contributed by atoms with Crippen LogP contribution < -0.4 is 9.47 Å². The zero-order valence-corrected chi connectivity index (χ0v) is 26.0. The van der Waals surface area contributed by atoms with Gasteiger partial charge in [-0.05, 0) is 81.1 Å². The van der Waals surface area contributed by atoms with Crippen LogP contribution in [0.25, 0.3) is 0 Å². The van der Waals surface area contributed by atoms with Gasteiger partial charge in [0.2, 0.25) is 0 Å². The summed E-state index contributed by atoms with van der Waals surface area (Å²) < 4.78 is 215. The summed E-state index contributed by atoms with van der Waals surface area (Å²) in [6.45, 7) is 2.73. The van der Waals surface area contributed by atoms with E-state index in [1.54, 1.807) is 19.1 Å². The number of carbonyl (C=O) groups excluding carboxylic acids is 1. The van der Waals surface area contributed by atoms with Gasteiger partial charge in [0.15, 0.2) is 6.61 Å². The molecule has 2 aromatic carbocycles. The molecule has 0 aliphatic heterocycles. The number of benzene rings is 2. The third-order valence-electron chi connectivity index (χ3n) is 6.66. The minimum Gasteiger partial charge on any atom is -0.494 e. The van der Waals surface area contributed by atoms with Crippen LogP contribution in [0.1, 0.15) is 32.6 Å². The quantitative estimate of drug-likeness (QED) is 0.0470. The lowest BCUT2D eigenvalue weighted by Crippen LogP contribution is -2.73. The summed E-state index contributed by atoms with van der Waals surface area (Å²) in [4.78, 5) is 11.3. The molecule has 0 heterocycles. The molecule has 286 valence electrons. The highest BCUT2D eigenvalue weighted by Gasteiger charge is 2.93. The van der Waals surface area contributed by atoms with E-state index in [1.807, 2.05) is 0 Å². The highest BCUT2D eigenvalue weighted by atomic mass is 19.4. The number of ether oxygens (including phenoxy) is 3. The number of esters is 1. The fourth-order valence-electron chi connectivity index (χ4n) is 3.63. The average molecular weight is 765 g/mol. The number of hydrogen-bond donors (Lipinski definition) is 0. The molecular formula is C30H27F15N2O4. The van der Waals surface area contributed by atoms with E-state index in [9.17, 15) is 70.7 Å². The van der Waals surface area contributed by atoms with Gasteiger partial charge in [-0.2, -0.15) is 76.1 Å². The van der Waals surface area contributed by atoms with Crippen LogP contribution in [-0.4, -0.2) is 67.5 Å². The Kier molecular flexibility index (Phi) is 13.5. The van der Waals surface area contributed by atoms with Crippen LogP contribution in [0.15, 0.2) is 70.9 Å². The first-order chi connectivity index (χ1) is 23.2. The molecule has 0 unspecified atom stereocenters. The van der Waals surface area contributed by atoms with Gasteiger partial charge in [-0.1, -0.05) is 6.58 Å². The zero-order chi connectivity index (χ0) is 39.1. The van der Waals surface area contributed by atoms with Crippen LogP contribution >= 0.6 is 0 Å². The lowest BCUT2D eigenvalue weighted by atomic mass is 9.91. The Morgan fingerprint density at radius 3 is 1.39 bits per heavy atom. The van der Waals surface area contributed by atoms with E-state index in [4.69, 9.17) is 9.47 Å². The van der Waals surface area contributed by atoms with Crippen molar-refractivity contribution in [1.29, 1.82) is 0 Å². The summed E-state index contributed by atoms with van der Waals surface area (Å²) in [5, 5.41) is 7.63. The zero-order valence-electron chi connectivity index (χ0n) is 26.0. The van der Waals surface area contributed by atoms with Gasteiger partial charge in [-0.3, -0.25) is 0 Å². The molecule has 2 rings (SSSR count). The lowest BCUT2D eigenvalue weighted by Gasteiger charge is -2.41. The van der Waals surface area contributed by atoms with Crippen LogP contribution in [0.2, 0.25) is 0 Å². The molecule has 0 fully saturated rings. The van der Waals surface area contributed by atoms with Crippen molar-refractivity contribution in [3.05, 3.63) is 60.7 Å². The molecule has 0 aliphatic carbocycles. The molecule has 0 aliphatic rings. The number of rotatable bonds is 19. The monoisotopic (exact) mass is 764 g/mol. The van der Waals surface area contributed by atoms with Crippen LogP contribution in [-0.2, 0) is 9.53 Å². The van der Waals surface area contributed by atoms with Crippen molar-refractivity contribution in [1.82, 2.24) is 0 Å². The van der Waals surface area contributed by atoms with E-state index in [0.717, 1.165) is 37.1 Å². The Labute approximate surface area is 279 Å². The first-order valence-corrected chi connectivity index (χ1v) is 14.3. The summed E-state index contributed by atoms with van der Waals surface area (Å²) in [6, 6.07) is 9.46. The maximum absolute atomic E-state index is 14.0. The second-order valence-corrected chi connectivity index (χ2v) is 10.7. The van der Waals surface area contributed by atoms with Gasteiger partial charge in [0.1, 0.15) is 11.5 Å². The molecule has 0 saturated heterocycles. The molecular weight excluding hydrogens is 737 g/mol. The summed E-state index contributed by atoms with van der Waals surface area (Å²) in [7, 11) is 0. The van der Waals surface area contributed by atoms with Crippen molar-refractivity contribution in [3.8, 4) is 11.5 Å². The molecule has 21 heteroatoms. The van der Waals surface area contributed by atoms with Crippen molar-refractivity contribution in [3.63, 3.8) is 0 Å². The normalized spacial score (nSPS) is 13.7. The number of carbonyl (C=O) groups is 1. The van der Waals surface area contributed by atoms with Crippen LogP contribution in [0.5, 0.6) is 11.5 Å². The average Bonchev–Trinajstić information content (AvgIpc) is 3.03. The third kappa shape index (κ3) is 9.57. The fraction of sp³-hybridized carbons (Fsp3) is 0.500. The van der Waals surface area contributed by atoms with Crippen molar-refractivity contribution in [2.75, 3.05) is 19.8 Å². The van der Waals surface area contributed by atoms with Crippen LogP contribution in [0.3, 0.4) is 0 Å². The molecule has 0 spiro atoms. The minimum absolute atomic E-state index is 0.0341. The van der Waals surface area contributed by atoms with Crippen LogP contribution in [0, 0.1) is 0 Å². The van der Waals surface area contributed by atoms with Crippen molar-refractivity contribution < 1.29 is 84.9 Å². The van der Waals surface area contributed by atoms with Gasteiger partial charge in [0, 0.05) is 5.57 Å². The number of alkyl halides is 15. The minimum atomic E-state index is -8.36. The van der Waals surface area contributed by atoms with Gasteiger partial charge < -0.3 is 14.2 Å². The first-order valence-electron chi connectivity index (χ1n) is 14.3. The highest BCUT2D eigenvalue weighted by molar-refractivity contribution is 5.86. The molecule has 0 bridgehead atoms. The lowest BCUT2D eigenvalue weighted by molar-refractivity contribution is -0.453. The molecule has 51 heavy (non-hydrogen) atoms. The van der Waals surface area contributed by atoms with Crippen molar-refractivity contribution in [2.45, 2.75) is 74.3 Å². The molecule has 6 nitrogen and oxygen atoms in total. The number of halogens is 15. The van der Waals surface area contributed by atoms with E-state index in [1.165, 1.54) is 12.1 Å². The second kappa shape index (κ2) is 16.0. The standard InChI is InChI=1S/C30H27F15N2O4/c1-18(2)23(48)50-16-6-4-3-5-15-49-21-11-7-19(8-12-21)46-47-20-9-13-22(14-10-20)51-17-24(31,32)25(33,34)26(35,36)27(37,38)28(39,40)29(41,42)30(43,44)45/h7-14H,1,3-6,15-17H2,2H3. The Balaban J connectivity index is 1.95. The third-order valence-corrected chi connectivity index (χ3v) is 6.66. The number of nitrogens with zero attached hydrogens (tertiary/aromatic N) is 2. The number of unbranched alkanes of at least 4 members (excludes halogenated alkanes) is 3. The van der Waals surface area contributed by atoms with Gasteiger partial charge >= 0.3 is 47.7 Å². The topological polar surface area (TPSA) is 69.5 Å². The van der Waals surface area contributed by atoms with E-state index in [-0.39, 0.29) is 18.0 Å². The van der Waals surface area contributed by atoms with E-state index in [0.29, 0.717) is 30.8 Å². The van der Waals surface area contributed by atoms with E-state index < -0.39 is 60.0 Å². The fourth-order valence-corrected chi connectivity index (χ4v) is 3.63. The van der Waals surface area contributed by atoms with E-state index in [2.05, 4.69) is 21.5 Å². The van der Waals surface area contributed by atoms with Gasteiger partial charge in [-0.15, -0.1) is 0 Å². The summed E-state index contributed by atoms with van der Waals surface area (Å²) >= 11 is 0. The second-order valence-electron chi connectivity index (χ2n) is 10.7. The molecule has 0 radical (unpaired) electrons. The summed E-state index contributed by atoms with van der Waals surface area (Å²) in [5.74, 6) is -47.9. The molecule has 0 saturated carbocycles. The molecule has 0 atom stereocenters. The predicted molar refractivity (Wildman–Crippen MR) is 148 cm³/mol. The molecule has 0 amide bonds.